The summed E-state index contributed by atoms with van der Waals surface area (Å²) in [6.07, 6.45) is 1.02. The lowest BCUT2D eigenvalue weighted by molar-refractivity contribution is -0.119. The Labute approximate surface area is 158 Å². The Balaban J connectivity index is 2.78. The minimum Gasteiger partial charge on any atom is -0.354 e. The number of anilines is 1. The van der Waals surface area contributed by atoms with Gasteiger partial charge >= 0.3 is 0 Å². The quantitative estimate of drug-likeness (QED) is 0.696. The summed E-state index contributed by atoms with van der Waals surface area (Å²) in [6.45, 7) is 6.38. The van der Waals surface area contributed by atoms with E-state index in [4.69, 9.17) is 23.2 Å². The van der Waals surface area contributed by atoms with Crippen LogP contribution >= 0.6 is 35.0 Å². The Morgan fingerprint density at radius 3 is 2.46 bits per heavy atom. The van der Waals surface area contributed by atoms with Crippen molar-refractivity contribution in [1.82, 2.24) is 5.32 Å². The van der Waals surface area contributed by atoms with E-state index in [-0.39, 0.29) is 22.0 Å². The molecule has 0 spiro atoms. The van der Waals surface area contributed by atoms with Gasteiger partial charge < -0.3 is 5.32 Å². The number of rotatable bonds is 7. The lowest BCUT2D eigenvalue weighted by atomic mass is 10.3. The third-order valence-electron chi connectivity index (χ3n) is 2.82. The van der Waals surface area contributed by atoms with Crippen molar-refractivity contribution in [2.45, 2.75) is 25.5 Å². The molecule has 0 atom stereocenters. The molecule has 0 heterocycles. The number of nitrogens with one attached hydrogen (secondary N) is 1. The first-order valence-corrected chi connectivity index (χ1v) is 10.8. The minimum absolute atomic E-state index is 0.109. The van der Waals surface area contributed by atoms with E-state index in [0.29, 0.717) is 11.6 Å². The molecule has 1 aromatic rings. The molecule has 0 bridgehead atoms. The van der Waals surface area contributed by atoms with Crippen LogP contribution in [0.4, 0.5) is 5.69 Å². The molecule has 0 aliphatic heterocycles. The fourth-order valence-electron chi connectivity index (χ4n) is 1.79. The van der Waals surface area contributed by atoms with E-state index < -0.39 is 15.9 Å². The zero-order valence-corrected chi connectivity index (χ0v) is 17.2. The zero-order chi connectivity index (χ0) is 18.5. The summed E-state index contributed by atoms with van der Waals surface area (Å²) < 4.78 is 25.1. The summed E-state index contributed by atoms with van der Waals surface area (Å²) >= 11 is 13.7. The number of amides is 1. The van der Waals surface area contributed by atoms with Gasteiger partial charge in [-0.25, -0.2) is 8.42 Å². The van der Waals surface area contributed by atoms with Gasteiger partial charge in [-0.1, -0.05) is 44.0 Å². The van der Waals surface area contributed by atoms with Crippen LogP contribution in [-0.4, -0.2) is 44.2 Å². The van der Waals surface area contributed by atoms with Crippen molar-refractivity contribution in [3.05, 3.63) is 28.2 Å². The third-order valence-corrected chi connectivity index (χ3v) is 5.78. The van der Waals surface area contributed by atoms with Crippen LogP contribution in [0.2, 0.25) is 10.0 Å². The molecule has 0 saturated heterocycles. The molecule has 1 rings (SSSR count). The molecule has 9 heteroatoms. The highest BCUT2D eigenvalue weighted by Gasteiger charge is 2.23. The fourth-order valence-corrected chi connectivity index (χ4v) is 3.90. The normalized spacial score (nSPS) is 12.1. The van der Waals surface area contributed by atoms with Crippen LogP contribution in [0.3, 0.4) is 0 Å². The van der Waals surface area contributed by atoms with Crippen molar-refractivity contribution < 1.29 is 13.2 Å². The minimum atomic E-state index is -3.68. The van der Waals surface area contributed by atoms with Crippen molar-refractivity contribution in [3.8, 4) is 0 Å². The molecule has 1 N–H and O–H groups in total. The standard InChI is InChI=1S/C15H22Cl2N2O3S2/c1-15(2,3)23-8-7-18-14(20)10-19(24(4,21)22)13-9-11(16)5-6-12(13)17/h5-6,9H,7-8,10H2,1-4H3,(H,18,20). The van der Waals surface area contributed by atoms with Crippen LogP contribution in [0.5, 0.6) is 0 Å². The van der Waals surface area contributed by atoms with Crippen molar-refractivity contribution in [1.29, 1.82) is 0 Å². The van der Waals surface area contributed by atoms with Gasteiger partial charge in [0.2, 0.25) is 15.9 Å². The largest absolute Gasteiger partial charge is 0.354 e. The van der Waals surface area contributed by atoms with Crippen LogP contribution < -0.4 is 9.62 Å². The average molecular weight is 413 g/mol. The van der Waals surface area contributed by atoms with Crippen LogP contribution in [0.15, 0.2) is 18.2 Å². The molecule has 1 aromatic carbocycles. The lowest BCUT2D eigenvalue weighted by Crippen LogP contribution is -2.41. The maximum Gasteiger partial charge on any atom is 0.240 e. The number of hydrogen-bond acceptors (Lipinski definition) is 4. The molecule has 0 aliphatic rings. The Bertz CT molecular complexity index is 688. The first-order valence-electron chi connectivity index (χ1n) is 7.23. The molecule has 0 radical (unpaired) electrons. The van der Waals surface area contributed by atoms with Gasteiger partial charge in [0.15, 0.2) is 0 Å². The Kier molecular flexibility index (Phi) is 7.72. The van der Waals surface area contributed by atoms with Crippen LogP contribution in [0.25, 0.3) is 0 Å². The van der Waals surface area contributed by atoms with Crippen molar-refractivity contribution in [2.24, 2.45) is 0 Å². The number of nitrogens with zero attached hydrogens (tertiary/aromatic N) is 1. The van der Waals surface area contributed by atoms with Crippen molar-refractivity contribution in [2.75, 3.05) is 29.4 Å². The summed E-state index contributed by atoms with van der Waals surface area (Å²) in [5.74, 6) is 0.345. The monoisotopic (exact) mass is 412 g/mol. The summed E-state index contributed by atoms with van der Waals surface area (Å²) in [7, 11) is -3.68. The van der Waals surface area contributed by atoms with Gasteiger partial charge in [-0.15, -0.1) is 0 Å². The summed E-state index contributed by atoms with van der Waals surface area (Å²) in [4.78, 5) is 12.1. The van der Waals surface area contributed by atoms with Crippen LogP contribution in [0, 0.1) is 0 Å². The first-order chi connectivity index (χ1) is 10.9. The first kappa shape index (κ1) is 21.4. The van der Waals surface area contributed by atoms with Gasteiger partial charge in [0.1, 0.15) is 6.54 Å². The lowest BCUT2D eigenvalue weighted by Gasteiger charge is -2.23. The maximum absolute atomic E-state index is 12.1. The fraction of sp³-hybridized carbons (Fsp3) is 0.533. The number of benzene rings is 1. The van der Waals surface area contributed by atoms with E-state index >= 15 is 0 Å². The molecule has 0 aliphatic carbocycles. The van der Waals surface area contributed by atoms with Crippen LogP contribution in [0.1, 0.15) is 20.8 Å². The molecular formula is C15H22Cl2N2O3S2. The number of sulfonamides is 1. The number of carbonyl (C=O) groups excluding carboxylic acids is 1. The smallest absolute Gasteiger partial charge is 0.240 e. The number of thioether (sulfide) groups is 1. The van der Waals surface area contributed by atoms with Gasteiger partial charge in [0.05, 0.1) is 17.0 Å². The SMILES string of the molecule is CC(C)(C)SCCNC(=O)CN(c1cc(Cl)ccc1Cl)S(C)(=O)=O. The van der Waals surface area contributed by atoms with Crippen LogP contribution in [-0.2, 0) is 14.8 Å². The highest BCUT2D eigenvalue weighted by Crippen LogP contribution is 2.30. The molecule has 0 saturated carbocycles. The van der Waals surface area contributed by atoms with E-state index in [2.05, 4.69) is 26.1 Å². The molecule has 5 nitrogen and oxygen atoms in total. The second kappa shape index (κ2) is 8.65. The summed E-state index contributed by atoms with van der Waals surface area (Å²) in [5, 5.41) is 3.27. The third kappa shape index (κ3) is 7.51. The molecule has 0 unspecified atom stereocenters. The van der Waals surface area contributed by atoms with Gasteiger partial charge in [-0.2, -0.15) is 11.8 Å². The Morgan fingerprint density at radius 1 is 1.29 bits per heavy atom. The maximum atomic E-state index is 12.1. The Morgan fingerprint density at radius 2 is 1.92 bits per heavy atom. The molecule has 0 aromatic heterocycles. The predicted molar refractivity (Wildman–Crippen MR) is 104 cm³/mol. The second-order valence-corrected chi connectivity index (χ2v) is 10.8. The molecular weight excluding hydrogens is 391 g/mol. The Hall–Kier alpha value is -0.630. The summed E-state index contributed by atoms with van der Waals surface area (Å²) in [6, 6.07) is 4.47. The average Bonchev–Trinajstić information content (AvgIpc) is 2.42. The molecule has 1 amide bonds. The second-order valence-electron chi connectivity index (χ2n) is 6.18. The summed E-state index contributed by atoms with van der Waals surface area (Å²) in [5.41, 5.74) is 0.186. The van der Waals surface area contributed by atoms with Gasteiger partial charge in [0, 0.05) is 22.1 Å². The topological polar surface area (TPSA) is 66.5 Å². The molecule has 0 fully saturated rings. The molecule has 136 valence electrons. The highest BCUT2D eigenvalue weighted by molar-refractivity contribution is 8.00. The van der Waals surface area contributed by atoms with E-state index in [0.717, 1.165) is 16.3 Å². The van der Waals surface area contributed by atoms with Gasteiger partial charge in [0.25, 0.3) is 0 Å². The number of carbonyl (C=O) groups is 1. The van der Waals surface area contributed by atoms with E-state index in [1.165, 1.54) is 12.1 Å². The van der Waals surface area contributed by atoms with Gasteiger partial charge in [-0.3, -0.25) is 9.10 Å². The van der Waals surface area contributed by atoms with Crippen molar-refractivity contribution >= 4 is 56.6 Å². The number of halogens is 2. The number of hydrogen-bond donors (Lipinski definition) is 1. The predicted octanol–water partition coefficient (Wildman–Crippen LogP) is 3.41. The van der Waals surface area contributed by atoms with Gasteiger partial charge in [-0.05, 0) is 18.2 Å². The molecule has 24 heavy (non-hydrogen) atoms. The van der Waals surface area contributed by atoms with E-state index in [1.807, 2.05) is 0 Å². The van der Waals surface area contributed by atoms with E-state index in [1.54, 1.807) is 17.8 Å². The van der Waals surface area contributed by atoms with Crippen molar-refractivity contribution in [3.63, 3.8) is 0 Å². The van der Waals surface area contributed by atoms with E-state index in [9.17, 15) is 13.2 Å². The highest BCUT2D eigenvalue weighted by atomic mass is 35.5. The zero-order valence-electron chi connectivity index (χ0n) is 14.1.